The molecule has 0 saturated carbocycles. The van der Waals surface area contributed by atoms with Crippen LogP contribution in [0.3, 0.4) is 0 Å². The normalized spacial score (nSPS) is 10.5. The number of hydrogen-bond acceptors (Lipinski definition) is 3. The highest BCUT2D eigenvalue weighted by molar-refractivity contribution is 9.10. The minimum Gasteiger partial charge on any atom is -0.368 e. The molecule has 1 aromatic heterocycles. The quantitative estimate of drug-likeness (QED) is 0.792. The average Bonchev–Trinajstić information content (AvgIpc) is 2.39. The van der Waals surface area contributed by atoms with E-state index >= 15 is 0 Å². The van der Waals surface area contributed by atoms with Gasteiger partial charge in [-0.1, -0.05) is 22.9 Å². The molecule has 0 aliphatic rings. The van der Waals surface area contributed by atoms with Gasteiger partial charge in [-0.2, -0.15) is 0 Å². The lowest BCUT2D eigenvalue weighted by molar-refractivity contribution is 0.579. The molecule has 0 aliphatic heterocycles. The lowest BCUT2D eigenvalue weighted by atomic mass is 10.2. The standard InChI is InChI=1S/C15H16BrF2N3/c1-3-4-19-14-12(17)8-13(18)15(21-14)20-11-6-9(2)5-10(16)7-11/h5-8H,3-4H2,1-2H3,(H2,19,20,21). The zero-order chi connectivity index (χ0) is 15.4. The summed E-state index contributed by atoms with van der Waals surface area (Å²) in [6, 6.07) is 6.43. The number of halogens is 3. The Balaban J connectivity index is 2.30. The summed E-state index contributed by atoms with van der Waals surface area (Å²) in [5.74, 6) is -1.39. The summed E-state index contributed by atoms with van der Waals surface area (Å²) in [5.41, 5.74) is 1.69. The number of nitrogens with zero attached hydrogens (tertiary/aromatic N) is 1. The van der Waals surface area contributed by atoms with Crippen LogP contribution in [0.25, 0.3) is 0 Å². The summed E-state index contributed by atoms with van der Waals surface area (Å²) in [6.07, 6.45) is 0.825. The molecule has 0 radical (unpaired) electrons. The van der Waals surface area contributed by atoms with Gasteiger partial charge < -0.3 is 10.6 Å². The molecule has 3 nitrogen and oxygen atoms in total. The van der Waals surface area contributed by atoms with Crippen molar-refractivity contribution in [2.24, 2.45) is 0 Å². The molecule has 0 fully saturated rings. The predicted molar refractivity (Wildman–Crippen MR) is 85.1 cm³/mol. The lowest BCUT2D eigenvalue weighted by Gasteiger charge is -2.11. The van der Waals surface area contributed by atoms with E-state index in [0.717, 1.165) is 22.5 Å². The third-order valence-electron chi connectivity index (χ3n) is 2.78. The third-order valence-corrected chi connectivity index (χ3v) is 3.23. The van der Waals surface area contributed by atoms with Gasteiger partial charge in [0.25, 0.3) is 0 Å². The van der Waals surface area contributed by atoms with Crippen LogP contribution < -0.4 is 10.6 Å². The molecule has 0 amide bonds. The molecule has 1 aromatic carbocycles. The largest absolute Gasteiger partial charge is 0.368 e. The first-order valence-electron chi connectivity index (χ1n) is 6.63. The van der Waals surface area contributed by atoms with Crippen LogP contribution in [0.4, 0.5) is 26.1 Å². The van der Waals surface area contributed by atoms with Crippen LogP contribution in [0, 0.1) is 18.6 Å². The topological polar surface area (TPSA) is 37.0 Å². The fourth-order valence-corrected chi connectivity index (χ4v) is 2.47. The van der Waals surface area contributed by atoms with Crippen LogP contribution in [-0.4, -0.2) is 11.5 Å². The minimum absolute atomic E-state index is 0.00694. The second-order valence-electron chi connectivity index (χ2n) is 4.72. The zero-order valence-corrected chi connectivity index (χ0v) is 13.4. The molecular weight excluding hydrogens is 340 g/mol. The van der Waals surface area contributed by atoms with Crippen molar-refractivity contribution < 1.29 is 8.78 Å². The molecule has 0 bridgehead atoms. The molecule has 1 heterocycles. The first-order valence-corrected chi connectivity index (χ1v) is 7.43. The van der Waals surface area contributed by atoms with Gasteiger partial charge in [0.1, 0.15) is 0 Å². The van der Waals surface area contributed by atoms with E-state index in [1.54, 1.807) is 6.07 Å². The number of hydrogen-bond donors (Lipinski definition) is 2. The van der Waals surface area contributed by atoms with Gasteiger partial charge >= 0.3 is 0 Å². The fraction of sp³-hybridized carbons (Fsp3) is 0.267. The van der Waals surface area contributed by atoms with E-state index in [1.807, 2.05) is 26.0 Å². The van der Waals surface area contributed by atoms with Gasteiger partial charge in [-0.15, -0.1) is 0 Å². The van der Waals surface area contributed by atoms with Gasteiger partial charge in [0.15, 0.2) is 23.3 Å². The van der Waals surface area contributed by atoms with Crippen LogP contribution in [-0.2, 0) is 0 Å². The number of rotatable bonds is 5. The maximum atomic E-state index is 13.8. The van der Waals surface area contributed by atoms with Gasteiger partial charge in [0.05, 0.1) is 0 Å². The summed E-state index contributed by atoms with van der Waals surface area (Å²) in [6.45, 7) is 4.46. The van der Waals surface area contributed by atoms with Crippen LogP contribution in [0.2, 0.25) is 0 Å². The Morgan fingerprint density at radius 1 is 1.10 bits per heavy atom. The lowest BCUT2D eigenvalue weighted by Crippen LogP contribution is -2.07. The Kier molecular flexibility index (Phi) is 5.12. The Hall–Kier alpha value is -1.69. The Bertz CT molecular complexity index is 627. The van der Waals surface area contributed by atoms with E-state index in [1.165, 1.54) is 0 Å². The van der Waals surface area contributed by atoms with Gasteiger partial charge in [-0.05, 0) is 37.1 Å². The number of aromatic nitrogens is 1. The zero-order valence-electron chi connectivity index (χ0n) is 11.8. The molecule has 0 aliphatic carbocycles. The molecule has 6 heteroatoms. The summed E-state index contributed by atoms with van der Waals surface area (Å²) in [7, 11) is 0. The molecule has 21 heavy (non-hydrogen) atoms. The Labute approximate surface area is 130 Å². The van der Waals surface area contributed by atoms with Crippen molar-refractivity contribution in [2.45, 2.75) is 20.3 Å². The number of pyridine rings is 1. The van der Waals surface area contributed by atoms with E-state index < -0.39 is 11.6 Å². The number of aryl methyl sites for hydroxylation is 1. The number of benzene rings is 1. The highest BCUT2D eigenvalue weighted by Crippen LogP contribution is 2.25. The highest BCUT2D eigenvalue weighted by Gasteiger charge is 2.12. The fourth-order valence-electron chi connectivity index (χ4n) is 1.87. The van der Waals surface area contributed by atoms with Crippen LogP contribution in [0.1, 0.15) is 18.9 Å². The van der Waals surface area contributed by atoms with Crippen molar-refractivity contribution >= 4 is 33.3 Å². The first kappa shape index (κ1) is 15.7. The monoisotopic (exact) mass is 355 g/mol. The number of nitrogens with one attached hydrogen (secondary N) is 2. The molecule has 0 atom stereocenters. The minimum atomic E-state index is -0.729. The molecule has 112 valence electrons. The SMILES string of the molecule is CCCNc1nc(Nc2cc(C)cc(Br)c2)c(F)cc1F. The van der Waals surface area contributed by atoms with E-state index in [-0.39, 0.29) is 11.6 Å². The van der Waals surface area contributed by atoms with Gasteiger partial charge in [0.2, 0.25) is 0 Å². The molecule has 2 aromatic rings. The van der Waals surface area contributed by atoms with Gasteiger partial charge in [0, 0.05) is 22.8 Å². The molecule has 0 unspecified atom stereocenters. The summed E-state index contributed by atoms with van der Waals surface area (Å²) >= 11 is 3.38. The molecule has 0 spiro atoms. The van der Waals surface area contributed by atoms with Gasteiger partial charge in [-0.3, -0.25) is 0 Å². The van der Waals surface area contributed by atoms with Gasteiger partial charge in [-0.25, -0.2) is 13.8 Å². The first-order chi connectivity index (χ1) is 9.99. The van der Waals surface area contributed by atoms with Crippen molar-refractivity contribution in [3.63, 3.8) is 0 Å². The Morgan fingerprint density at radius 2 is 1.81 bits per heavy atom. The van der Waals surface area contributed by atoms with Crippen molar-refractivity contribution in [1.29, 1.82) is 0 Å². The molecule has 2 rings (SSSR count). The molecule has 2 N–H and O–H groups in total. The second kappa shape index (κ2) is 6.85. The second-order valence-corrected chi connectivity index (χ2v) is 5.63. The van der Waals surface area contributed by atoms with Crippen molar-refractivity contribution in [2.75, 3.05) is 17.2 Å². The van der Waals surface area contributed by atoms with Crippen molar-refractivity contribution in [1.82, 2.24) is 4.98 Å². The van der Waals surface area contributed by atoms with E-state index in [2.05, 4.69) is 31.5 Å². The summed E-state index contributed by atoms with van der Waals surface area (Å²) in [4.78, 5) is 3.98. The smallest absolute Gasteiger partial charge is 0.169 e. The third kappa shape index (κ3) is 4.14. The summed E-state index contributed by atoms with van der Waals surface area (Å²) in [5, 5.41) is 5.71. The summed E-state index contributed by atoms with van der Waals surface area (Å²) < 4.78 is 28.3. The molecule has 0 saturated heterocycles. The predicted octanol–water partition coefficient (Wildman–Crippen LogP) is 5.00. The average molecular weight is 356 g/mol. The van der Waals surface area contributed by atoms with Crippen LogP contribution in [0.5, 0.6) is 0 Å². The van der Waals surface area contributed by atoms with E-state index in [0.29, 0.717) is 12.2 Å². The van der Waals surface area contributed by atoms with Crippen LogP contribution in [0.15, 0.2) is 28.7 Å². The van der Waals surface area contributed by atoms with E-state index in [4.69, 9.17) is 0 Å². The van der Waals surface area contributed by atoms with Crippen molar-refractivity contribution in [3.05, 3.63) is 45.9 Å². The maximum Gasteiger partial charge on any atom is 0.169 e. The van der Waals surface area contributed by atoms with E-state index in [9.17, 15) is 8.78 Å². The highest BCUT2D eigenvalue weighted by atomic mass is 79.9. The molecular formula is C15H16BrF2N3. The Morgan fingerprint density at radius 3 is 2.48 bits per heavy atom. The van der Waals surface area contributed by atoms with Crippen molar-refractivity contribution in [3.8, 4) is 0 Å². The number of anilines is 3. The van der Waals surface area contributed by atoms with Crippen LogP contribution >= 0.6 is 15.9 Å². The maximum absolute atomic E-state index is 13.8.